The Kier molecular flexibility index (Phi) is 5.37. The van der Waals surface area contributed by atoms with Crippen LogP contribution in [-0.2, 0) is 0 Å². The topological polar surface area (TPSA) is 106 Å². The summed E-state index contributed by atoms with van der Waals surface area (Å²) in [4.78, 5) is 15.9. The third-order valence-corrected chi connectivity index (χ3v) is 4.74. The van der Waals surface area contributed by atoms with Gasteiger partial charge in [-0.05, 0) is 50.1 Å². The molecular weight excluding hydrogens is 333 g/mol. The van der Waals surface area contributed by atoms with Crippen molar-refractivity contribution in [2.45, 2.75) is 44.7 Å². The average molecular weight is 357 g/mol. The lowest BCUT2D eigenvalue weighted by Gasteiger charge is -2.30. The fourth-order valence-corrected chi connectivity index (χ4v) is 3.26. The van der Waals surface area contributed by atoms with Gasteiger partial charge in [0.15, 0.2) is 0 Å². The molecule has 0 bridgehead atoms. The molecule has 2 aromatic rings. The number of aromatic nitrogens is 1. The number of rotatable bonds is 5. The molecule has 1 aliphatic rings. The van der Waals surface area contributed by atoms with Crippen LogP contribution in [0.15, 0.2) is 30.3 Å². The molecule has 2 atom stereocenters. The first kappa shape index (κ1) is 18.1. The molecule has 1 amide bonds. The van der Waals surface area contributed by atoms with Crippen molar-refractivity contribution in [2.24, 2.45) is 11.5 Å². The minimum absolute atomic E-state index is 0.109. The second-order valence-electron chi connectivity index (χ2n) is 6.71. The molecular formula is C19H24FN5O. The summed E-state index contributed by atoms with van der Waals surface area (Å²) in [6.07, 6.45) is 4.32. The molecule has 6 nitrogen and oxygen atoms in total. The first-order chi connectivity index (χ1) is 12.4. The Morgan fingerprint density at radius 2 is 2.00 bits per heavy atom. The zero-order chi connectivity index (χ0) is 18.7. The van der Waals surface area contributed by atoms with E-state index in [9.17, 15) is 9.18 Å². The molecule has 0 spiro atoms. The lowest BCUT2D eigenvalue weighted by atomic mass is 9.91. The molecule has 0 unspecified atom stereocenters. The molecule has 1 aromatic carbocycles. The number of carbonyl (C=O) groups is 1. The summed E-state index contributed by atoms with van der Waals surface area (Å²) < 4.78 is 13.4. The largest absolute Gasteiger partial charge is 0.381 e. The van der Waals surface area contributed by atoms with Crippen molar-refractivity contribution in [3.8, 4) is 0 Å². The van der Waals surface area contributed by atoms with Crippen LogP contribution in [0.1, 0.15) is 41.7 Å². The van der Waals surface area contributed by atoms with Gasteiger partial charge in [0.2, 0.25) is 0 Å². The second kappa shape index (κ2) is 7.70. The monoisotopic (exact) mass is 357 g/mol. The predicted octanol–water partition coefficient (Wildman–Crippen LogP) is 3.05. The van der Waals surface area contributed by atoms with Crippen LogP contribution in [0.2, 0.25) is 0 Å². The van der Waals surface area contributed by atoms with E-state index in [1.165, 1.54) is 12.1 Å². The Labute approximate surface area is 152 Å². The number of benzene rings is 1. The number of carbonyl (C=O) groups excluding carboxylic acids is 1. The van der Waals surface area contributed by atoms with Crippen LogP contribution < -0.4 is 22.1 Å². The van der Waals surface area contributed by atoms with Crippen LogP contribution in [0.4, 0.5) is 21.6 Å². The van der Waals surface area contributed by atoms with Gasteiger partial charge in [0.05, 0.1) is 16.9 Å². The Balaban J connectivity index is 1.86. The number of primary amides is 1. The van der Waals surface area contributed by atoms with Crippen LogP contribution >= 0.6 is 0 Å². The number of hydrogen-bond acceptors (Lipinski definition) is 5. The lowest BCUT2D eigenvalue weighted by molar-refractivity contribution is 0.100. The van der Waals surface area contributed by atoms with E-state index in [1.807, 2.05) is 12.1 Å². The Hall–Kier alpha value is -2.67. The van der Waals surface area contributed by atoms with Gasteiger partial charge in [-0.15, -0.1) is 0 Å². The van der Waals surface area contributed by atoms with E-state index < -0.39 is 5.91 Å². The fourth-order valence-electron chi connectivity index (χ4n) is 3.26. The second-order valence-corrected chi connectivity index (χ2v) is 6.71. The molecule has 0 aliphatic heterocycles. The number of halogens is 1. The maximum absolute atomic E-state index is 13.4. The van der Waals surface area contributed by atoms with E-state index >= 15 is 0 Å². The van der Waals surface area contributed by atoms with Gasteiger partial charge in [-0.3, -0.25) is 4.79 Å². The zero-order valence-electron chi connectivity index (χ0n) is 14.8. The summed E-state index contributed by atoms with van der Waals surface area (Å²) in [6, 6.07) is 8.44. The molecule has 1 heterocycles. The van der Waals surface area contributed by atoms with Crippen molar-refractivity contribution >= 4 is 23.1 Å². The summed E-state index contributed by atoms with van der Waals surface area (Å²) in [5.74, 6) is -0.488. The van der Waals surface area contributed by atoms with Gasteiger partial charge in [0.1, 0.15) is 11.6 Å². The van der Waals surface area contributed by atoms with Crippen molar-refractivity contribution in [3.63, 3.8) is 0 Å². The van der Waals surface area contributed by atoms with Gasteiger partial charge in [0.25, 0.3) is 5.91 Å². The summed E-state index contributed by atoms with van der Waals surface area (Å²) in [6.45, 7) is 1.58. The molecule has 7 heteroatoms. The summed E-state index contributed by atoms with van der Waals surface area (Å²) in [5, 5.41) is 6.51. The van der Waals surface area contributed by atoms with Crippen LogP contribution in [0.5, 0.6) is 0 Å². The number of anilines is 3. The van der Waals surface area contributed by atoms with Crippen molar-refractivity contribution in [2.75, 3.05) is 10.6 Å². The molecule has 3 rings (SSSR count). The maximum atomic E-state index is 13.4. The third-order valence-electron chi connectivity index (χ3n) is 4.74. The molecule has 0 radical (unpaired) electrons. The van der Waals surface area contributed by atoms with Crippen molar-refractivity contribution in [1.29, 1.82) is 0 Å². The molecule has 1 aromatic heterocycles. The highest BCUT2D eigenvalue weighted by Gasteiger charge is 2.22. The van der Waals surface area contributed by atoms with Gasteiger partial charge >= 0.3 is 0 Å². The number of hydrogen-bond donors (Lipinski definition) is 4. The van der Waals surface area contributed by atoms with E-state index in [0.29, 0.717) is 17.1 Å². The minimum Gasteiger partial charge on any atom is -0.381 e. The zero-order valence-corrected chi connectivity index (χ0v) is 14.8. The first-order valence-corrected chi connectivity index (χ1v) is 8.80. The van der Waals surface area contributed by atoms with Crippen LogP contribution in [0.25, 0.3) is 0 Å². The molecule has 1 aliphatic carbocycles. The van der Waals surface area contributed by atoms with Gasteiger partial charge in [0, 0.05) is 17.8 Å². The molecule has 1 saturated carbocycles. The van der Waals surface area contributed by atoms with Crippen molar-refractivity contribution < 1.29 is 9.18 Å². The van der Waals surface area contributed by atoms with Gasteiger partial charge in [-0.1, -0.05) is 12.8 Å². The molecule has 6 N–H and O–H groups in total. The molecule has 26 heavy (non-hydrogen) atoms. The van der Waals surface area contributed by atoms with Crippen molar-refractivity contribution in [1.82, 2.24) is 4.98 Å². The molecule has 138 valence electrons. The first-order valence-electron chi connectivity index (χ1n) is 8.80. The highest BCUT2D eigenvalue weighted by molar-refractivity contribution is 5.99. The van der Waals surface area contributed by atoms with E-state index in [2.05, 4.69) is 15.6 Å². The average Bonchev–Trinajstić information content (AvgIpc) is 2.60. The number of nitrogens with two attached hydrogens (primary N) is 2. The summed E-state index contributed by atoms with van der Waals surface area (Å²) in [7, 11) is 0. The van der Waals surface area contributed by atoms with Crippen LogP contribution in [-0.4, -0.2) is 23.0 Å². The Morgan fingerprint density at radius 3 is 2.69 bits per heavy atom. The summed E-state index contributed by atoms with van der Waals surface area (Å²) >= 11 is 0. The molecule has 0 saturated heterocycles. The highest BCUT2D eigenvalue weighted by Crippen LogP contribution is 2.27. The van der Waals surface area contributed by atoms with Crippen LogP contribution in [0, 0.1) is 12.7 Å². The fraction of sp³-hybridized carbons (Fsp3) is 0.368. The van der Waals surface area contributed by atoms with Crippen LogP contribution in [0.3, 0.4) is 0 Å². The third kappa shape index (κ3) is 4.11. The summed E-state index contributed by atoms with van der Waals surface area (Å²) in [5.41, 5.74) is 13.7. The van der Waals surface area contributed by atoms with E-state index in [1.54, 1.807) is 13.0 Å². The quantitative estimate of drug-likeness (QED) is 0.658. The number of pyridine rings is 1. The van der Waals surface area contributed by atoms with E-state index in [0.717, 1.165) is 31.4 Å². The predicted molar refractivity (Wildman–Crippen MR) is 101 cm³/mol. The smallest absolute Gasteiger partial charge is 0.250 e. The van der Waals surface area contributed by atoms with Gasteiger partial charge < -0.3 is 22.1 Å². The lowest BCUT2D eigenvalue weighted by Crippen LogP contribution is -2.42. The van der Waals surface area contributed by atoms with Gasteiger partial charge in [-0.2, -0.15) is 0 Å². The minimum atomic E-state index is -0.549. The maximum Gasteiger partial charge on any atom is 0.250 e. The number of aryl methyl sites for hydroxylation is 1. The standard InChI is InChI=1S/C19H24FN5O/c1-11-14(20)8-9-18(23-11)25-17-10-12(6-7-13(17)19(22)26)24-16-5-3-2-4-15(16)21/h6-10,15-16,24H,2-5,21H2,1H3,(H2,22,26)(H,23,25)/t15-,16+/m0/s1. The number of nitrogens with zero attached hydrogens (tertiary/aromatic N) is 1. The van der Waals surface area contributed by atoms with Crippen molar-refractivity contribution in [3.05, 3.63) is 47.4 Å². The number of amides is 1. The Morgan fingerprint density at radius 1 is 1.23 bits per heavy atom. The van der Waals surface area contributed by atoms with Gasteiger partial charge in [-0.25, -0.2) is 9.37 Å². The Bertz CT molecular complexity index is 811. The highest BCUT2D eigenvalue weighted by atomic mass is 19.1. The SMILES string of the molecule is Cc1nc(Nc2cc(N[C@@H]3CCCC[C@@H]3N)ccc2C(N)=O)ccc1F. The van der Waals surface area contributed by atoms with E-state index in [-0.39, 0.29) is 23.6 Å². The van der Waals surface area contributed by atoms with E-state index in [4.69, 9.17) is 11.5 Å². The number of nitrogens with one attached hydrogen (secondary N) is 2. The molecule has 1 fully saturated rings. The normalized spacial score (nSPS) is 19.8.